The fourth-order valence-electron chi connectivity index (χ4n) is 3.42. The number of hydrogen-bond donors (Lipinski definition) is 2. The molecule has 1 aliphatic carbocycles. The van der Waals surface area contributed by atoms with E-state index in [9.17, 15) is 0 Å². The van der Waals surface area contributed by atoms with Gasteiger partial charge in [-0.05, 0) is 51.6 Å². The van der Waals surface area contributed by atoms with E-state index in [-0.39, 0.29) is 24.0 Å². The molecule has 0 aromatic carbocycles. The van der Waals surface area contributed by atoms with Crippen LogP contribution in [0.4, 0.5) is 0 Å². The molecule has 2 N–H and O–H groups in total. The molecule has 0 radical (unpaired) electrons. The summed E-state index contributed by atoms with van der Waals surface area (Å²) in [5.41, 5.74) is 0. The first-order chi connectivity index (χ1) is 10.8. The van der Waals surface area contributed by atoms with Crippen LogP contribution < -0.4 is 10.6 Å². The number of guanidine groups is 1. The van der Waals surface area contributed by atoms with Gasteiger partial charge in [-0.25, -0.2) is 0 Å². The summed E-state index contributed by atoms with van der Waals surface area (Å²) in [5, 5.41) is 7.00. The molecule has 0 bridgehead atoms. The topological polar surface area (TPSA) is 48.9 Å². The summed E-state index contributed by atoms with van der Waals surface area (Å²) < 4.78 is 5.16. The van der Waals surface area contributed by atoms with Gasteiger partial charge in [0, 0.05) is 32.8 Å². The minimum atomic E-state index is 0. The van der Waals surface area contributed by atoms with Gasteiger partial charge in [-0.15, -0.1) is 24.0 Å². The molecule has 2 rings (SSSR count). The molecule has 23 heavy (non-hydrogen) atoms. The van der Waals surface area contributed by atoms with Crippen molar-refractivity contribution in [2.45, 2.75) is 51.5 Å². The third kappa shape index (κ3) is 8.03. The number of nitrogens with one attached hydrogen (secondary N) is 2. The molecule has 5 nitrogen and oxygen atoms in total. The third-order valence-electron chi connectivity index (χ3n) is 4.87. The maximum absolute atomic E-state index is 5.16. The number of likely N-dealkylation sites (tertiary alicyclic amines) is 1. The first kappa shape index (κ1) is 21.0. The quantitative estimate of drug-likeness (QED) is 0.364. The molecular formula is C17H35IN4O. The predicted octanol–water partition coefficient (Wildman–Crippen LogP) is 2.46. The zero-order chi connectivity index (χ0) is 15.6. The monoisotopic (exact) mass is 438 g/mol. The summed E-state index contributed by atoms with van der Waals surface area (Å²) in [4.78, 5) is 7.34. The van der Waals surface area contributed by atoms with Crippen LogP contribution in [-0.4, -0.2) is 63.3 Å². The van der Waals surface area contributed by atoms with Gasteiger partial charge in [-0.3, -0.25) is 4.99 Å². The molecule has 2 aliphatic rings. The molecule has 0 atom stereocenters. The van der Waals surface area contributed by atoms with E-state index in [1.165, 1.54) is 51.6 Å². The second-order valence-electron chi connectivity index (χ2n) is 6.62. The van der Waals surface area contributed by atoms with E-state index in [0.717, 1.165) is 38.1 Å². The zero-order valence-corrected chi connectivity index (χ0v) is 17.2. The van der Waals surface area contributed by atoms with Crippen LogP contribution in [0, 0.1) is 5.92 Å². The number of rotatable bonds is 7. The van der Waals surface area contributed by atoms with Gasteiger partial charge in [0.2, 0.25) is 0 Å². The molecule has 0 unspecified atom stereocenters. The Hall–Kier alpha value is -0.0800. The second kappa shape index (κ2) is 12.3. The maximum atomic E-state index is 5.16. The molecule has 1 saturated carbocycles. The lowest BCUT2D eigenvalue weighted by atomic mass is 9.97. The van der Waals surface area contributed by atoms with Gasteiger partial charge >= 0.3 is 0 Å². The zero-order valence-electron chi connectivity index (χ0n) is 14.9. The summed E-state index contributed by atoms with van der Waals surface area (Å²) in [7, 11) is 1.78. The van der Waals surface area contributed by atoms with Crippen LogP contribution >= 0.6 is 24.0 Å². The van der Waals surface area contributed by atoms with Crippen LogP contribution in [-0.2, 0) is 4.74 Å². The van der Waals surface area contributed by atoms with Crippen LogP contribution in [0.1, 0.15) is 45.4 Å². The SMILES string of the molecule is CCNC(=NCC1CCN(CCOC)CC1)NC1CCCC1.I. The van der Waals surface area contributed by atoms with E-state index in [1.54, 1.807) is 7.11 Å². The van der Waals surface area contributed by atoms with Crippen molar-refractivity contribution in [2.24, 2.45) is 10.9 Å². The molecule has 0 spiro atoms. The van der Waals surface area contributed by atoms with E-state index < -0.39 is 0 Å². The highest BCUT2D eigenvalue weighted by atomic mass is 127. The number of aliphatic imine (C=N–C) groups is 1. The Balaban J connectivity index is 0.00000264. The average Bonchev–Trinajstić information content (AvgIpc) is 3.05. The van der Waals surface area contributed by atoms with E-state index in [2.05, 4.69) is 22.5 Å². The van der Waals surface area contributed by atoms with Crippen LogP contribution in [0.3, 0.4) is 0 Å². The second-order valence-corrected chi connectivity index (χ2v) is 6.62. The molecular weight excluding hydrogens is 403 g/mol. The van der Waals surface area contributed by atoms with E-state index >= 15 is 0 Å². The Bertz CT molecular complexity index is 327. The summed E-state index contributed by atoms with van der Waals surface area (Å²) >= 11 is 0. The van der Waals surface area contributed by atoms with E-state index in [4.69, 9.17) is 9.73 Å². The Morgan fingerprint density at radius 1 is 1.17 bits per heavy atom. The fourth-order valence-corrected chi connectivity index (χ4v) is 3.42. The number of ether oxygens (including phenoxy) is 1. The van der Waals surface area contributed by atoms with Gasteiger partial charge in [0.05, 0.1) is 6.61 Å². The van der Waals surface area contributed by atoms with Crippen molar-refractivity contribution in [3.63, 3.8) is 0 Å². The highest BCUT2D eigenvalue weighted by molar-refractivity contribution is 14.0. The molecule has 2 fully saturated rings. The lowest BCUT2D eigenvalue weighted by Crippen LogP contribution is -2.43. The average molecular weight is 438 g/mol. The summed E-state index contributed by atoms with van der Waals surface area (Å²) in [6.45, 7) is 8.33. The van der Waals surface area contributed by atoms with Crippen molar-refractivity contribution in [1.82, 2.24) is 15.5 Å². The van der Waals surface area contributed by atoms with Crippen molar-refractivity contribution < 1.29 is 4.74 Å². The van der Waals surface area contributed by atoms with Gasteiger partial charge in [0.15, 0.2) is 5.96 Å². The lowest BCUT2D eigenvalue weighted by Gasteiger charge is -2.31. The number of methoxy groups -OCH3 is 1. The van der Waals surface area contributed by atoms with Gasteiger partial charge < -0.3 is 20.3 Å². The van der Waals surface area contributed by atoms with Crippen molar-refractivity contribution >= 4 is 29.9 Å². The molecule has 0 aromatic heterocycles. The number of hydrogen-bond acceptors (Lipinski definition) is 3. The summed E-state index contributed by atoms with van der Waals surface area (Å²) in [5.74, 6) is 1.76. The van der Waals surface area contributed by atoms with E-state index in [0.29, 0.717) is 6.04 Å². The van der Waals surface area contributed by atoms with Crippen LogP contribution in [0.15, 0.2) is 4.99 Å². The van der Waals surface area contributed by atoms with Gasteiger partial charge in [-0.1, -0.05) is 12.8 Å². The molecule has 136 valence electrons. The number of piperidine rings is 1. The lowest BCUT2D eigenvalue weighted by molar-refractivity contribution is 0.121. The molecule has 0 amide bonds. The first-order valence-electron chi connectivity index (χ1n) is 9.08. The fraction of sp³-hybridized carbons (Fsp3) is 0.941. The van der Waals surface area contributed by atoms with Crippen molar-refractivity contribution in [3.8, 4) is 0 Å². The number of halogens is 1. The Morgan fingerprint density at radius 2 is 1.87 bits per heavy atom. The molecule has 6 heteroatoms. The highest BCUT2D eigenvalue weighted by Gasteiger charge is 2.19. The number of nitrogens with zero attached hydrogens (tertiary/aromatic N) is 2. The third-order valence-corrected chi connectivity index (χ3v) is 4.87. The minimum Gasteiger partial charge on any atom is -0.383 e. The highest BCUT2D eigenvalue weighted by Crippen LogP contribution is 2.18. The molecule has 1 saturated heterocycles. The Morgan fingerprint density at radius 3 is 2.48 bits per heavy atom. The largest absolute Gasteiger partial charge is 0.383 e. The van der Waals surface area contributed by atoms with Gasteiger partial charge in [0.1, 0.15) is 0 Å². The molecule has 0 aromatic rings. The van der Waals surface area contributed by atoms with Gasteiger partial charge in [0.25, 0.3) is 0 Å². The summed E-state index contributed by atoms with van der Waals surface area (Å²) in [6.07, 6.45) is 7.82. The normalized spacial score (nSPS) is 21.2. The van der Waals surface area contributed by atoms with Gasteiger partial charge in [-0.2, -0.15) is 0 Å². The van der Waals surface area contributed by atoms with Crippen LogP contribution in [0.25, 0.3) is 0 Å². The van der Waals surface area contributed by atoms with Crippen molar-refractivity contribution in [1.29, 1.82) is 0 Å². The summed E-state index contributed by atoms with van der Waals surface area (Å²) in [6, 6.07) is 0.633. The Kier molecular flexibility index (Phi) is 11.2. The molecule has 1 aliphatic heterocycles. The molecule has 1 heterocycles. The van der Waals surface area contributed by atoms with Crippen molar-refractivity contribution in [2.75, 3.05) is 46.4 Å². The maximum Gasteiger partial charge on any atom is 0.191 e. The van der Waals surface area contributed by atoms with E-state index in [1.807, 2.05) is 0 Å². The standard InChI is InChI=1S/C17H34N4O.HI/c1-3-18-17(20-16-6-4-5-7-16)19-14-15-8-10-21(11-9-15)12-13-22-2;/h15-16H,3-14H2,1-2H3,(H2,18,19,20);1H. The first-order valence-corrected chi connectivity index (χ1v) is 9.08. The minimum absolute atomic E-state index is 0. The smallest absolute Gasteiger partial charge is 0.191 e. The van der Waals surface area contributed by atoms with Crippen molar-refractivity contribution in [3.05, 3.63) is 0 Å². The Labute approximate surface area is 159 Å². The van der Waals surface area contributed by atoms with Crippen LogP contribution in [0.2, 0.25) is 0 Å². The van der Waals surface area contributed by atoms with Crippen LogP contribution in [0.5, 0.6) is 0 Å². The predicted molar refractivity (Wildman–Crippen MR) is 108 cm³/mol.